The predicted octanol–water partition coefficient (Wildman–Crippen LogP) is 2.92. The molecule has 0 aromatic carbocycles. The Morgan fingerprint density at radius 1 is 1.36 bits per heavy atom. The molecule has 0 bridgehead atoms. The molecule has 1 aromatic rings. The Labute approximate surface area is 153 Å². The fourth-order valence-electron chi connectivity index (χ4n) is 4.35. The lowest BCUT2D eigenvalue weighted by Gasteiger charge is -2.37. The van der Waals surface area contributed by atoms with E-state index < -0.39 is 0 Å². The lowest BCUT2D eigenvalue weighted by atomic mass is 9.67. The van der Waals surface area contributed by atoms with Crippen molar-refractivity contribution in [2.75, 3.05) is 33.4 Å². The fraction of sp³-hybridized carbons (Fsp3) is 0.684. The second kappa shape index (κ2) is 8.32. The number of hydrogen-bond acceptors (Lipinski definition) is 4. The molecule has 1 atom stereocenters. The molecule has 1 aliphatic carbocycles. The van der Waals surface area contributed by atoms with Gasteiger partial charge in [0.2, 0.25) is 5.91 Å². The van der Waals surface area contributed by atoms with Crippen LogP contribution in [0.3, 0.4) is 0 Å². The number of amides is 2. The van der Waals surface area contributed by atoms with E-state index in [1.165, 1.54) is 17.8 Å². The maximum absolute atomic E-state index is 12.8. The van der Waals surface area contributed by atoms with E-state index in [4.69, 9.17) is 4.74 Å². The third-order valence-corrected chi connectivity index (χ3v) is 6.52. The summed E-state index contributed by atoms with van der Waals surface area (Å²) in [6, 6.07) is 3.78. The zero-order valence-electron chi connectivity index (χ0n) is 15.0. The molecule has 2 heterocycles. The minimum Gasteiger partial charge on any atom is -0.385 e. The van der Waals surface area contributed by atoms with Crippen LogP contribution in [0.15, 0.2) is 17.5 Å². The zero-order valence-corrected chi connectivity index (χ0v) is 15.8. The first-order valence-corrected chi connectivity index (χ1v) is 10.1. The molecule has 1 saturated carbocycles. The molecule has 2 aliphatic rings. The minimum atomic E-state index is -0.0840. The Balaban J connectivity index is 1.70. The number of hydrogen-bond donors (Lipinski definition) is 1. The number of likely N-dealkylation sites (tertiary alicyclic amines) is 1. The van der Waals surface area contributed by atoms with Gasteiger partial charge in [0, 0.05) is 38.8 Å². The topological polar surface area (TPSA) is 58.6 Å². The van der Waals surface area contributed by atoms with Crippen LogP contribution in [0.25, 0.3) is 0 Å². The number of nitrogens with one attached hydrogen (secondary N) is 1. The standard InChI is InChI=1S/C19H28N2O3S/c1-24-11-6-10-20-17(22)15-13-21(18(23)16-7-5-12-25-16)14-19(15)8-3-2-4-9-19/h5,7,12,15H,2-4,6,8-11,13-14H2,1H3,(H,20,22)/t15-/m1/s1. The van der Waals surface area contributed by atoms with Gasteiger partial charge in [0.15, 0.2) is 0 Å². The Morgan fingerprint density at radius 3 is 2.84 bits per heavy atom. The van der Waals surface area contributed by atoms with Gasteiger partial charge in [-0.1, -0.05) is 25.3 Å². The van der Waals surface area contributed by atoms with E-state index in [0.29, 0.717) is 19.7 Å². The summed E-state index contributed by atoms with van der Waals surface area (Å²) in [4.78, 5) is 28.3. The van der Waals surface area contributed by atoms with Crippen LogP contribution in [0.5, 0.6) is 0 Å². The van der Waals surface area contributed by atoms with Gasteiger partial charge in [-0.3, -0.25) is 9.59 Å². The highest BCUT2D eigenvalue weighted by molar-refractivity contribution is 7.12. The molecule has 1 spiro atoms. The van der Waals surface area contributed by atoms with Crippen molar-refractivity contribution in [2.45, 2.75) is 38.5 Å². The number of carbonyl (C=O) groups excluding carboxylic acids is 2. The number of thiophene rings is 1. The Bertz CT molecular complexity index is 581. The van der Waals surface area contributed by atoms with Crippen molar-refractivity contribution >= 4 is 23.2 Å². The van der Waals surface area contributed by atoms with Crippen LogP contribution in [0.4, 0.5) is 0 Å². The molecule has 0 unspecified atom stereocenters. The van der Waals surface area contributed by atoms with Crippen molar-refractivity contribution in [3.05, 3.63) is 22.4 Å². The summed E-state index contributed by atoms with van der Waals surface area (Å²) in [6.07, 6.45) is 6.49. The monoisotopic (exact) mass is 364 g/mol. The van der Waals surface area contributed by atoms with Crippen molar-refractivity contribution in [2.24, 2.45) is 11.3 Å². The van der Waals surface area contributed by atoms with Crippen LogP contribution in [0.2, 0.25) is 0 Å². The van der Waals surface area contributed by atoms with Gasteiger partial charge < -0.3 is 15.0 Å². The fourth-order valence-corrected chi connectivity index (χ4v) is 5.05. The largest absolute Gasteiger partial charge is 0.385 e. The quantitative estimate of drug-likeness (QED) is 0.790. The first kappa shape index (κ1) is 18.4. The van der Waals surface area contributed by atoms with Gasteiger partial charge in [-0.05, 0) is 30.7 Å². The Kier molecular flexibility index (Phi) is 6.12. The van der Waals surface area contributed by atoms with Gasteiger partial charge in [0.05, 0.1) is 10.8 Å². The average molecular weight is 365 g/mol. The molecule has 5 nitrogen and oxygen atoms in total. The molecule has 6 heteroatoms. The van der Waals surface area contributed by atoms with E-state index in [9.17, 15) is 9.59 Å². The average Bonchev–Trinajstić information content (AvgIpc) is 3.27. The van der Waals surface area contributed by atoms with Gasteiger partial charge in [-0.15, -0.1) is 11.3 Å². The van der Waals surface area contributed by atoms with Crippen molar-refractivity contribution in [1.29, 1.82) is 0 Å². The number of nitrogens with zero attached hydrogens (tertiary/aromatic N) is 1. The lowest BCUT2D eigenvalue weighted by molar-refractivity contribution is -0.128. The molecule has 3 rings (SSSR count). The molecular weight excluding hydrogens is 336 g/mol. The predicted molar refractivity (Wildman–Crippen MR) is 98.7 cm³/mol. The van der Waals surface area contributed by atoms with E-state index in [1.807, 2.05) is 22.4 Å². The number of ether oxygens (including phenoxy) is 1. The summed E-state index contributed by atoms with van der Waals surface area (Å²) < 4.78 is 5.05. The van der Waals surface area contributed by atoms with Crippen LogP contribution in [0.1, 0.15) is 48.2 Å². The summed E-state index contributed by atoms with van der Waals surface area (Å²) in [7, 11) is 1.67. The first-order valence-electron chi connectivity index (χ1n) is 9.26. The second-order valence-electron chi connectivity index (χ2n) is 7.28. The molecule has 1 aliphatic heterocycles. The Hall–Kier alpha value is -1.40. The SMILES string of the molecule is COCCCNC(=O)[C@H]1CN(C(=O)c2cccs2)CC12CCCCC2. The van der Waals surface area contributed by atoms with E-state index >= 15 is 0 Å². The summed E-state index contributed by atoms with van der Waals surface area (Å²) in [6.45, 7) is 2.56. The first-order chi connectivity index (χ1) is 12.2. The number of methoxy groups -OCH3 is 1. The van der Waals surface area contributed by atoms with Crippen molar-refractivity contribution < 1.29 is 14.3 Å². The smallest absolute Gasteiger partial charge is 0.263 e. The molecule has 25 heavy (non-hydrogen) atoms. The van der Waals surface area contributed by atoms with E-state index in [1.54, 1.807) is 7.11 Å². The highest BCUT2D eigenvalue weighted by Crippen LogP contribution is 2.48. The van der Waals surface area contributed by atoms with Crippen LogP contribution in [0, 0.1) is 11.3 Å². The third kappa shape index (κ3) is 4.06. The van der Waals surface area contributed by atoms with E-state index in [2.05, 4.69) is 5.32 Å². The molecule has 0 radical (unpaired) electrons. The van der Waals surface area contributed by atoms with Crippen LogP contribution in [-0.4, -0.2) is 50.1 Å². The van der Waals surface area contributed by atoms with Crippen LogP contribution < -0.4 is 5.32 Å². The zero-order chi connectivity index (χ0) is 17.7. The van der Waals surface area contributed by atoms with Gasteiger partial charge in [0.1, 0.15) is 0 Å². The van der Waals surface area contributed by atoms with E-state index in [0.717, 1.165) is 43.5 Å². The highest BCUT2D eigenvalue weighted by Gasteiger charge is 2.51. The molecule has 138 valence electrons. The molecular formula is C19H28N2O3S. The normalized spacial score (nSPS) is 22.3. The maximum atomic E-state index is 12.8. The maximum Gasteiger partial charge on any atom is 0.263 e. The summed E-state index contributed by atoms with van der Waals surface area (Å²) >= 11 is 1.48. The third-order valence-electron chi connectivity index (χ3n) is 5.66. The number of rotatable bonds is 6. The van der Waals surface area contributed by atoms with Gasteiger partial charge in [-0.2, -0.15) is 0 Å². The van der Waals surface area contributed by atoms with Crippen molar-refractivity contribution in [1.82, 2.24) is 10.2 Å². The van der Waals surface area contributed by atoms with Crippen LogP contribution in [-0.2, 0) is 9.53 Å². The van der Waals surface area contributed by atoms with Gasteiger partial charge in [0.25, 0.3) is 5.91 Å². The lowest BCUT2D eigenvalue weighted by Crippen LogP contribution is -2.42. The molecule has 2 fully saturated rings. The Morgan fingerprint density at radius 2 is 2.16 bits per heavy atom. The van der Waals surface area contributed by atoms with Gasteiger partial charge >= 0.3 is 0 Å². The summed E-state index contributed by atoms with van der Waals surface area (Å²) in [5.74, 6) is 0.105. The number of carbonyl (C=O) groups is 2. The molecule has 1 aromatic heterocycles. The second-order valence-corrected chi connectivity index (χ2v) is 8.22. The van der Waals surface area contributed by atoms with Gasteiger partial charge in [-0.25, -0.2) is 0 Å². The van der Waals surface area contributed by atoms with Crippen molar-refractivity contribution in [3.8, 4) is 0 Å². The summed E-state index contributed by atoms with van der Waals surface area (Å²) in [5, 5.41) is 5.00. The molecule has 2 amide bonds. The summed E-state index contributed by atoms with van der Waals surface area (Å²) in [5.41, 5.74) is -0.0312. The van der Waals surface area contributed by atoms with Crippen molar-refractivity contribution in [3.63, 3.8) is 0 Å². The van der Waals surface area contributed by atoms with E-state index in [-0.39, 0.29) is 23.1 Å². The van der Waals surface area contributed by atoms with Crippen LogP contribution >= 0.6 is 11.3 Å². The highest BCUT2D eigenvalue weighted by atomic mass is 32.1. The molecule has 1 saturated heterocycles. The minimum absolute atomic E-state index is 0.0312. The molecule has 1 N–H and O–H groups in total.